The SMILES string of the molecule is CN1CCCC(N)C1c1ccccc1. The average Bonchev–Trinajstić information content (AvgIpc) is 2.19. The molecule has 14 heavy (non-hydrogen) atoms. The van der Waals surface area contributed by atoms with Crippen LogP contribution in [0, 0.1) is 0 Å². The Bertz CT molecular complexity index is 274. The van der Waals surface area contributed by atoms with Crippen molar-refractivity contribution >= 4 is 0 Å². The fraction of sp³-hybridized carbons (Fsp3) is 0.500. The minimum atomic E-state index is 0.288. The first-order valence-corrected chi connectivity index (χ1v) is 5.30. The third kappa shape index (κ3) is 1.81. The van der Waals surface area contributed by atoms with E-state index >= 15 is 0 Å². The molecule has 0 radical (unpaired) electrons. The van der Waals surface area contributed by atoms with Gasteiger partial charge in [0.25, 0.3) is 0 Å². The second kappa shape index (κ2) is 4.11. The minimum Gasteiger partial charge on any atom is -0.326 e. The number of rotatable bonds is 1. The molecular formula is C12H18N2. The molecule has 0 aromatic heterocycles. The van der Waals surface area contributed by atoms with Crippen LogP contribution in [0.25, 0.3) is 0 Å². The van der Waals surface area contributed by atoms with E-state index in [2.05, 4.69) is 42.3 Å². The Morgan fingerprint density at radius 3 is 2.64 bits per heavy atom. The van der Waals surface area contributed by atoms with E-state index in [1.807, 2.05) is 0 Å². The highest BCUT2D eigenvalue weighted by atomic mass is 15.2. The predicted molar refractivity (Wildman–Crippen MR) is 59.0 cm³/mol. The molecule has 1 aliphatic heterocycles. The molecule has 0 saturated carbocycles. The van der Waals surface area contributed by atoms with Crippen molar-refractivity contribution in [2.45, 2.75) is 24.9 Å². The van der Waals surface area contributed by atoms with Crippen molar-refractivity contribution in [1.82, 2.24) is 4.90 Å². The first kappa shape index (κ1) is 9.69. The molecule has 2 unspecified atom stereocenters. The van der Waals surface area contributed by atoms with Crippen molar-refractivity contribution in [3.63, 3.8) is 0 Å². The zero-order valence-corrected chi connectivity index (χ0v) is 8.69. The van der Waals surface area contributed by atoms with Gasteiger partial charge in [-0.1, -0.05) is 30.3 Å². The summed E-state index contributed by atoms with van der Waals surface area (Å²) in [6, 6.07) is 11.3. The van der Waals surface area contributed by atoms with Crippen LogP contribution in [-0.2, 0) is 0 Å². The molecule has 1 aliphatic rings. The van der Waals surface area contributed by atoms with Gasteiger partial charge in [-0.3, -0.25) is 4.90 Å². The van der Waals surface area contributed by atoms with E-state index in [0.717, 1.165) is 13.0 Å². The molecule has 1 aromatic carbocycles. The van der Waals surface area contributed by atoms with Gasteiger partial charge in [-0.2, -0.15) is 0 Å². The van der Waals surface area contributed by atoms with Gasteiger partial charge in [0, 0.05) is 12.1 Å². The van der Waals surface area contributed by atoms with Crippen LogP contribution in [0.5, 0.6) is 0 Å². The average molecular weight is 190 g/mol. The Hall–Kier alpha value is -0.860. The molecule has 1 aromatic rings. The van der Waals surface area contributed by atoms with E-state index in [1.54, 1.807) is 0 Å². The molecule has 1 saturated heterocycles. The van der Waals surface area contributed by atoms with E-state index in [4.69, 9.17) is 5.73 Å². The van der Waals surface area contributed by atoms with Gasteiger partial charge in [-0.25, -0.2) is 0 Å². The van der Waals surface area contributed by atoms with E-state index in [0.29, 0.717) is 6.04 Å². The van der Waals surface area contributed by atoms with E-state index in [9.17, 15) is 0 Å². The Labute approximate surface area is 85.7 Å². The second-order valence-electron chi connectivity index (χ2n) is 4.14. The van der Waals surface area contributed by atoms with Crippen LogP contribution >= 0.6 is 0 Å². The van der Waals surface area contributed by atoms with Crippen molar-refractivity contribution < 1.29 is 0 Å². The summed E-state index contributed by atoms with van der Waals surface area (Å²) in [6.45, 7) is 1.16. The molecule has 2 nitrogen and oxygen atoms in total. The fourth-order valence-corrected chi connectivity index (χ4v) is 2.35. The van der Waals surface area contributed by atoms with Crippen LogP contribution in [0.4, 0.5) is 0 Å². The van der Waals surface area contributed by atoms with Gasteiger partial charge in [0.15, 0.2) is 0 Å². The lowest BCUT2D eigenvalue weighted by molar-refractivity contribution is 0.163. The third-order valence-electron chi connectivity index (χ3n) is 3.07. The van der Waals surface area contributed by atoms with Gasteiger partial charge < -0.3 is 5.73 Å². The fourth-order valence-electron chi connectivity index (χ4n) is 2.35. The highest BCUT2D eigenvalue weighted by Crippen LogP contribution is 2.28. The maximum absolute atomic E-state index is 6.16. The maximum atomic E-state index is 6.16. The number of hydrogen-bond acceptors (Lipinski definition) is 2. The lowest BCUT2D eigenvalue weighted by Crippen LogP contribution is -2.43. The van der Waals surface area contributed by atoms with Gasteiger partial charge >= 0.3 is 0 Å². The Balaban J connectivity index is 2.23. The van der Waals surface area contributed by atoms with Gasteiger partial charge in [-0.05, 0) is 32.0 Å². The van der Waals surface area contributed by atoms with Gasteiger partial charge in [0.05, 0.1) is 0 Å². The van der Waals surface area contributed by atoms with Crippen LogP contribution in [0.15, 0.2) is 30.3 Å². The summed E-state index contributed by atoms with van der Waals surface area (Å²) in [5.41, 5.74) is 7.51. The molecule has 1 heterocycles. The van der Waals surface area contributed by atoms with Crippen LogP contribution in [0.2, 0.25) is 0 Å². The predicted octanol–water partition coefficient (Wildman–Crippen LogP) is 1.78. The summed E-state index contributed by atoms with van der Waals surface area (Å²) >= 11 is 0. The molecule has 2 atom stereocenters. The smallest absolute Gasteiger partial charge is 0.0496 e. The summed E-state index contributed by atoms with van der Waals surface area (Å²) in [5, 5.41) is 0. The molecule has 0 amide bonds. The Morgan fingerprint density at radius 1 is 1.29 bits per heavy atom. The van der Waals surface area contributed by atoms with Crippen molar-refractivity contribution in [2.24, 2.45) is 5.73 Å². The van der Waals surface area contributed by atoms with Gasteiger partial charge in [0.1, 0.15) is 0 Å². The monoisotopic (exact) mass is 190 g/mol. The highest BCUT2D eigenvalue weighted by Gasteiger charge is 2.27. The van der Waals surface area contributed by atoms with Crippen LogP contribution in [0.1, 0.15) is 24.4 Å². The third-order valence-corrected chi connectivity index (χ3v) is 3.07. The number of likely N-dealkylation sites (tertiary alicyclic amines) is 1. The molecule has 1 fully saturated rings. The van der Waals surface area contributed by atoms with Gasteiger partial charge in [0.2, 0.25) is 0 Å². The summed E-state index contributed by atoms with van der Waals surface area (Å²) < 4.78 is 0. The summed E-state index contributed by atoms with van der Waals surface area (Å²) in [7, 11) is 2.16. The number of hydrogen-bond donors (Lipinski definition) is 1. The van der Waals surface area contributed by atoms with Crippen LogP contribution in [0.3, 0.4) is 0 Å². The number of nitrogens with zero attached hydrogens (tertiary/aromatic N) is 1. The van der Waals surface area contributed by atoms with Crippen LogP contribution in [-0.4, -0.2) is 24.5 Å². The zero-order chi connectivity index (χ0) is 9.97. The molecule has 0 spiro atoms. The molecular weight excluding hydrogens is 172 g/mol. The van der Waals surface area contributed by atoms with Crippen molar-refractivity contribution in [3.05, 3.63) is 35.9 Å². The minimum absolute atomic E-state index is 0.288. The largest absolute Gasteiger partial charge is 0.326 e. The van der Waals surface area contributed by atoms with E-state index in [-0.39, 0.29) is 6.04 Å². The summed E-state index contributed by atoms with van der Waals surface area (Å²) in [5.74, 6) is 0. The summed E-state index contributed by atoms with van der Waals surface area (Å²) in [4.78, 5) is 2.36. The van der Waals surface area contributed by atoms with Gasteiger partial charge in [-0.15, -0.1) is 0 Å². The number of benzene rings is 1. The quantitative estimate of drug-likeness (QED) is 0.731. The zero-order valence-electron chi connectivity index (χ0n) is 8.69. The molecule has 0 aliphatic carbocycles. The molecule has 2 rings (SSSR count). The van der Waals surface area contributed by atoms with E-state index in [1.165, 1.54) is 12.0 Å². The van der Waals surface area contributed by atoms with Crippen molar-refractivity contribution in [2.75, 3.05) is 13.6 Å². The molecule has 76 valence electrons. The van der Waals surface area contributed by atoms with E-state index < -0.39 is 0 Å². The second-order valence-corrected chi connectivity index (χ2v) is 4.14. The van der Waals surface area contributed by atoms with Crippen molar-refractivity contribution in [3.8, 4) is 0 Å². The summed E-state index contributed by atoms with van der Waals surface area (Å²) in [6.07, 6.45) is 2.37. The molecule has 0 bridgehead atoms. The number of piperidine rings is 1. The van der Waals surface area contributed by atoms with Crippen LogP contribution < -0.4 is 5.73 Å². The molecule has 2 heteroatoms. The van der Waals surface area contributed by atoms with Crippen molar-refractivity contribution in [1.29, 1.82) is 0 Å². The lowest BCUT2D eigenvalue weighted by Gasteiger charge is -2.37. The number of nitrogens with two attached hydrogens (primary N) is 1. The first-order valence-electron chi connectivity index (χ1n) is 5.30. The lowest BCUT2D eigenvalue weighted by atomic mass is 9.91. The Morgan fingerprint density at radius 2 is 2.00 bits per heavy atom. The maximum Gasteiger partial charge on any atom is 0.0496 e. The Kier molecular flexibility index (Phi) is 2.85. The number of likely N-dealkylation sites (N-methyl/N-ethyl adjacent to an activating group) is 1. The topological polar surface area (TPSA) is 29.3 Å². The highest BCUT2D eigenvalue weighted by molar-refractivity contribution is 5.21. The first-order chi connectivity index (χ1) is 6.79. The standard InChI is InChI=1S/C12H18N2/c1-14-9-5-8-11(13)12(14)10-6-3-2-4-7-10/h2-4,6-7,11-12H,5,8-9,13H2,1H3. The normalized spacial score (nSPS) is 29.0. The molecule has 2 N–H and O–H groups in total.